The number of carbonyl (C=O) groups is 1. The predicted molar refractivity (Wildman–Crippen MR) is 143 cm³/mol. The Morgan fingerprint density at radius 3 is 2.47 bits per heavy atom. The van der Waals surface area contributed by atoms with Gasteiger partial charge in [0.05, 0.1) is 42.5 Å². The van der Waals surface area contributed by atoms with Gasteiger partial charge in [-0.05, 0) is 49.7 Å². The molecular weight excluding hydrogens is 529 g/mol. The number of fused-ring (bicyclic) bond motifs is 1. The molecule has 6 rings (SSSR count). The summed E-state index contributed by atoms with van der Waals surface area (Å²) in [4.78, 5) is 18.7. The van der Waals surface area contributed by atoms with E-state index >= 15 is 0 Å². The molecule has 0 bridgehead atoms. The highest BCUT2D eigenvalue weighted by molar-refractivity contribution is 6.39. The maximum absolute atomic E-state index is 11.9. The van der Waals surface area contributed by atoms with Crippen LogP contribution in [-0.4, -0.2) is 49.5 Å². The van der Waals surface area contributed by atoms with E-state index in [2.05, 4.69) is 15.0 Å². The number of ether oxygens (including phenoxy) is 3. The molecule has 38 heavy (non-hydrogen) atoms. The molecule has 200 valence electrons. The second-order valence-corrected chi connectivity index (χ2v) is 11.1. The Balaban J connectivity index is 1.13. The minimum absolute atomic E-state index is 0.153. The number of aromatic nitrogens is 2. The number of hydrogen-bond acceptors (Lipinski definition) is 8. The number of rotatable bonds is 8. The molecule has 2 unspecified atom stereocenters. The van der Waals surface area contributed by atoms with Crippen LogP contribution < -0.4 is 9.64 Å². The van der Waals surface area contributed by atoms with Gasteiger partial charge in [-0.25, -0.2) is 9.78 Å². The molecule has 3 aliphatic rings. The molecule has 0 spiro atoms. The second-order valence-electron chi connectivity index (χ2n) is 10.3. The highest BCUT2D eigenvalue weighted by atomic mass is 35.5. The smallest absolute Gasteiger partial charge is 0.339 e. The molecule has 8 nitrogen and oxygen atoms in total. The highest BCUT2D eigenvalue weighted by Gasteiger charge is 2.43. The normalized spacial score (nSPS) is 22.5. The van der Waals surface area contributed by atoms with Crippen molar-refractivity contribution in [1.29, 1.82) is 0 Å². The third-order valence-electron chi connectivity index (χ3n) is 7.91. The second kappa shape index (κ2) is 10.4. The third-order valence-corrected chi connectivity index (χ3v) is 8.54. The van der Waals surface area contributed by atoms with Crippen LogP contribution in [-0.2, 0) is 16.1 Å². The standard InChI is InChI=1S/C28H29Cl2N3O5/c1-35-23-10-16(28(34)36-2)11-31-27(23)33-12-17-8-19(9-18(17)13-33)37-14-20-25(32-38-26(20)15-6-7-15)24-21(29)4-3-5-22(24)30/h3-5,10-11,15,17-19H,6-9,12-14H2,1-2H3. The van der Waals surface area contributed by atoms with E-state index in [0.29, 0.717) is 57.0 Å². The Morgan fingerprint density at radius 2 is 1.84 bits per heavy atom. The Kier molecular flexibility index (Phi) is 6.97. The lowest BCUT2D eigenvalue weighted by atomic mass is 10.0. The Hall–Kier alpha value is -2.81. The number of anilines is 1. The average Bonchev–Trinajstić information content (AvgIpc) is 3.39. The van der Waals surface area contributed by atoms with Gasteiger partial charge in [0.1, 0.15) is 11.5 Å². The molecule has 3 heterocycles. The van der Waals surface area contributed by atoms with E-state index in [1.807, 2.05) is 18.2 Å². The van der Waals surface area contributed by atoms with Gasteiger partial charge in [0.15, 0.2) is 11.6 Å². The molecule has 2 aromatic heterocycles. The lowest BCUT2D eigenvalue weighted by molar-refractivity contribution is 0.0402. The molecule has 3 aromatic rings. The van der Waals surface area contributed by atoms with E-state index in [1.54, 1.807) is 19.4 Å². The van der Waals surface area contributed by atoms with E-state index < -0.39 is 5.97 Å². The first-order valence-corrected chi connectivity index (χ1v) is 13.6. The van der Waals surface area contributed by atoms with E-state index in [-0.39, 0.29) is 6.10 Å². The molecule has 2 atom stereocenters. The maximum Gasteiger partial charge on any atom is 0.339 e. The monoisotopic (exact) mass is 557 g/mol. The molecule has 10 heteroatoms. The molecule has 1 aromatic carbocycles. The van der Waals surface area contributed by atoms with Gasteiger partial charge in [0.25, 0.3) is 0 Å². The van der Waals surface area contributed by atoms with Crippen LogP contribution in [0, 0.1) is 11.8 Å². The van der Waals surface area contributed by atoms with Gasteiger partial charge in [-0.3, -0.25) is 0 Å². The van der Waals surface area contributed by atoms with E-state index in [4.69, 9.17) is 41.9 Å². The van der Waals surface area contributed by atoms with Crippen LogP contribution in [0.25, 0.3) is 11.3 Å². The minimum Gasteiger partial charge on any atom is -0.493 e. The molecule has 0 amide bonds. The summed E-state index contributed by atoms with van der Waals surface area (Å²) < 4.78 is 22.6. The summed E-state index contributed by atoms with van der Waals surface area (Å²) in [6, 6.07) is 7.14. The van der Waals surface area contributed by atoms with Crippen molar-refractivity contribution in [2.24, 2.45) is 11.8 Å². The summed E-state index contributed by atoms with van der Waals surface area (Å²) in [7, 11) is 2.94. The van der Waals surface area contributed by atoms with Crippen molar-refractivity contribution in [2.45, 2.75) is 44.3 Å². The van der Waals surface area contributed by atoms with Crippen LogP contribution in [0.3, 0.4) is 0 Å². The number of hydrogen-bond donors (Lipinski definition) is 0. The van der Waals surface area contributed by atoms with Gasteiger partial charge in [0.2, 0.25) is 0 Å². The van der Waals surface area contributed by atoms with Crippen LogP contribution in [0.15, 0.2) is 35.0 Å². The van der Waals surface area contributed by atoms with Crippen molar-refractivity contribution in [2.75, 3.05) is 32.2 Å². The van der Waals surface area contributed by atoms with Gasteiger partial charge in [-0.1, -0.05) is 34.4 Å². The fraction of sp³-hybridized carbons (Fsp3) is 0.464. The van der Waals surface area contributed by atoms with Crippen molar-refractivity contribution in [3.8, 4) is 17.0 Å². The highest BCUT2D eigenvalue weighted by Crippen LogP contribution is 2.47. The molecular formula is C28H29Cl2N3O5. The van der Waals surface area contributed by atoms with Crippen LogP contribution in [0.1, 0.15) is 53.3 Å². The van der Waals surface area contributed by atoms with E-state index in [9.17, 15) is 4.79 Å². The topological polar surface area (TPSA) is 86.9 Å². The molecule has 0 N–H and O–H groups in total. The molecule has 2 aliphatic carbocycles. The van der Waals surface area contributed by atoms with Crippen LogP contribution in [0.4, 0.5) is 5.82 Å². The maximum atomic E-state index is 11.9. The molecule has 1 aliphatic heterocycles. The number of nitrogens with zero attached hydrogens (tertiary/aromatic N) is 3. The number of halogens is 2. The number of methoxy groups -OCH3 is 2. The molecule has 0 radical (unpaired) electrons. The quantitative estimate of drug-likeness (QED) is 0.305. The van der Waals surface area contributed by atoms with Gasteiger partial charge in [0, 0.05) is 42.4 Å². The van der Waals surface area contributed by atoms with Crippen molar-refractivity contribution >= 4 is 35.0 Å². The predicted octanol–water partition coefficient (Wildman–Crippen LogP) is 6.15. The average molecular weight is 558 g/mol. The summed E-state index contributed by atoms with van der Waals surface area (Å²) >= 11 is 13.0. The molecule has 2 saturated carbocycles. The largest absolute Gasteiger partial charge is 0.493 e. The first kappa shape index (κ1) is 25.5. The van der Waals surface area contributed by atoms with Crippen molar-refractivity contribution < 1.29 is 23.5 Å². The summed E-state index contributed by atoms with van der Waals surface area (Å²) in [6.07, 6.45) is 5.83. The third kappa shape index (κ3) is 4.74. The van der Waals surface area contributed by atoms with E-state index in [0.717, 1.165) is 55.9 Å². The Bertz CT molecular complexity index is 1320. The van der Waals surface area contributed by atoms with Crippen LogP contribution in [0.2, 0.25) is 10.0 Å². The van der Waals surface area contributed by atoms with Crippen molar-refractivity contribution in [3.63, 3.8) is 0 Å². The zero-order valence-corrected chi connectivity index (χ0v) is 22.8. The summed E-state index contributed by atoms with van der Waals surface area (Å²) in [5, 5.41) is 5.47. The van der Waals surface area contributed by atoms with Crippen molar-refractivity contribution in [1.82, 2.24) is 10.1 Å². The molecule has 3 fully saturated rings. The van der Waals surface area contributed by atoms with Gasteiger partial charge < -0.3 is 23.6 Å². The minimum atomic E-state index is -0.432. The first-order valence-electron chi connectivity index (χ1n) is 12.9. The SMILES string of the molecule is COC(=O)c1cnc(N2CC3CC(OCc4c(-c5c(Cl)cccc5Cl)noc4C4CC4)CC3C2)c(OC)c1. The van der Waals surface area contributed by atoms with Gasteiger partial charge in [-0.15, -0.1) is 0 Å². The Morgan fingerprint density at radius 1 is 1.13 bits per heavy atom. The summed E-state index contributed by atoms with van der Waals surface area (Å²) in [5.74, 6) is 3.18. The number of esters is 1. The van der Waals surface area contributed by atoms with Gasteiger partial charge in [-0.2, -0.15) is 0 Å². The zero-order chi connectivity index (χ0) is 26.4. The lowest BCUT2D eigenvalue weighted by Gasteiger charge is -2.22. The van der Waals surface area contributed by atoms with E-state index in [1.165, 1.54) is 7.11 Å². The molecule has 1 saturated heterocycles. The summed E-state index contributed by atoms with van der Waals surface area (Å²) in [6.45, 7) is 2.16. The fourth-order valence-corrected chi connectivity index (χ4v) is 6.43. The zero-order valence-electron chi connectivity index (χ0n) is 21.3. The number of benzene rings is 1. The van der Waals surface area contributed by atoms with Crippen molar-refractivity contribution in [3.05, 3.63) is 57.4 Å². The number of pyridine rings is 1. The Labute approximate surface area is 231 Å². The van der Waals surface area contributed by atoms with Crippen LogP contribution >= 0.6 is 23.2 Å². The van der Waals surface area contributed by atoms with Gasteiger partial charge >= 0.3 is 5.97 Å². The van der Waals surface area contributed by atoms with Crippen LogP contribution in [0.5, 0.6) is 5.75 Å². The fourth-order valence-electron chi connectivity index (χ4n) is 5.86. The lowest BCUT2D eigenvalue weighted by Crippen LogP contribution is -2.25. The summed E-state index contributed by atoms with van der Waals surface area (Å²) in [5.41, 5.74) is 2.71. The number of carbonyl (C=O) groups excluding carboxylic acids is 1. The first-order chi connectivity index (χ1) is 18.5.